The molecule has 3 nitrogen and oxygen atoms in total. The highest BCUT2D eigenvalue weighted by Crippen LogP contribution is 2.37. The molecule has 1 aromatic rings. The number of phenols is 1. The van der Waals surface area contributed by atoms with E-state index in [9.17, 15) is 13.9 Å². The van der Waals surface area contributed by atoms with E-state index in [4.69, 9.17) is 0 Å². The SMILES string of the molecule is C[C@H](c1c(O)c(Br)cc(F)c1F)N1CCNCC1.Cl.Cl. The number of nitrogens with zero attached hydrogens (tertiary/aromatic N) is 1. The zero-order valence-corrected chi connectivity index (χ0v) is 14.0. The second kappa shape index (κ2) is 8.34. The van der Waals surface area contributed by atoms with Crippen molar-refractivity contribution in [3.05, 3.63) is 27.7 Å². The molecule has 8 heteroatoms. The molecule has 0 bridgehead atoms. The molecule has 2 N–H and O–H groups in total. The lowest BCUT2D eigenvalue weighted by atomic mass is 10.0. The quantitative estimate of drug-likeness (QED) is 0.757. The normalized spacial score (nSPS) is 17.0. The van der Waals surface area contributed by atoms with Gasteiger partial charge in [0.2, 0.25) is 0 Å². The van der Waals surface area contributed by atoms with Crippen molar-refractivity contribution in [2.24, 2.45) is 0 Å². The van der Waals surface area contributed by atoms with E-state index in [1.54, 1.807) is 6.92 Å². The van der Waals surface area contributed by atoms with Gasteiger partial charge in [0.25, 0.3) is 0 Å². The lowest BCUT2D eigenvalue weighted by Crippen LogP contribution is -2.44. The van der Waals surface area contributed by atoms with Crippen molar-refractivity contribution in [2.45, 2.75) is 13.0 Å². The number of halogens is 5. The van der Waals surface area contributed by atoms with Crippen LogP contribution in [0.15, 0.2) is 10.5 Å². The van der Waals surface area contributed by atoms with Gasteiger partial charge in [-0.3, -0.25) is 4.90 Å². The van der Waals surface area contributed by atoms with Crippen LogP contribution in [-0.2, 0) is 0 Å². The molecule has 1 saturated heterocycles. The molecular weight excluding hydrogens is 377 g/mol. The molecule has 1 aromatic carbocycles. The molecule has 20 heavy (non-hydrogen) atoms. The van der Waals surface area contributed by atoms with Crippen LogP contribution in [0.5, 0.6) is 5.75 Å². The average Bonchev–Trinajstić information content (AvgIpc) is 2.37. The predicted octanol–water partition coefficient (Wildman–Crippen LogP) is 3.24. The Morgan fingerprint density at radius 3 is 2.40 bits per heavy atom. The summed E-state index contributed by atoms with van der Waals surface area (Å²) < 4.78 is 27.4. The van der Waals surface area contributed by atoms with E-state index in [-0.39, 0.29) is 46.6 Å². The van der Waals surface area contributed by atoms with Gasteiger partial charge < -0.3 is 10.4 Å². The number of piperazine rings is 1. The number of hydrogen-bond acceptors (Lipinski definition) is 3. The van der Waals surface area contributed by atoms with E-state index < -0.39 is 11.6 Å². The number of rotatable bonds is 2. The van der Waals surface area contributed by atoms with Crippen molar-refractivity contribution >= 4 is 40.7 Å². The minimum absolute atomic E-state index is 0. The van der Waals surface area contributed by atoms with Crippen molar-refractivity contribution in [1.82, 2.24) is 10.2 Å². The third-order valence-electron chi connectivity index (χ3n) is 3.30. The molecule has 0 radical (unpaired) electrons. The zero-order chi connectivity index (χ0) is 13.3. The predicted molar refractivity (Wildman–Crippen MR) is 83.1 cm³/mol. The monoisotopic (exact) mass is 392 g/mol. The first kappa shape index (κ1) is 19.9. The van der Waals surface area contributed by atoms with Gasteiger partial charge in [-0.1, -0.05) is 0 Å². The van der Waals surface area contributed by atoms with Crippen LogP contribution >= 0.6 is 40.7 Å². The Morgan fingerprint density at radius 2 is 1.85 bits per heavy atom. The van der Waals surface area contributed by atoms with Gasteiger partial charge in [-0.2, -0.15) is 0 Å². The first-order chi connectivity index (χ1) is 8.52. The number of benzene rings is 1. The van der Waals surface area contributed by atoms with Crippen LogP contribution in [0.3, 0.4) is 0 Å². The van der Waals surface area contributed by atoms with Gasteiger partial charge in [0, 0.05) is 32.2 Å². The summed E-state index contributed by atoms with van der Waals surface area (Å²) in [6, 6.07) is 0.581. The van der Waals surface area contributed by atoms with E-state index >= 15 is 0 Å². The van der Waals surface area contributed by atoms with E-state index in [1.807, 2.05) is 4.90 Å². The molecular formula is C12H17BrCl2F2N2O. The molecule has 0 saturated carbocycles. The summed E-state index contributed by atoms with van der Waals surface area (Å²) in [7, 11) is 0. The maximum absolute atomic E-state index is 13.8. The highest BCUT2D eigenvalue weighted by molar-refractivity contribution is 9.10. The number of phenolic OH excluding ortho intramolecular Hbond substituents is 1. The van der Waals surface area contributed by atoms with E-state index in [0.29, 0.717) is 0 Å². The Labute approximate surface area is 137 Å². The topological polar surface area (TPSA) is 35.5 Å². The second-order valence-electron chi connectivity index (χ2n) is 4.38. The van der Waals surface area contributed by atoms with Crippen LogP contribution in [-0.4, -0.2) is 36.2 Å². The summed E-state index contributed by atoms with van der Waals surface area (Å²) in [6.45, 7) is 4.88. The first-order valence-corrected chi connectivity index (χ1v) is 6.62. The van der Waals surface area contributed by atoms with Crippen LogP contribution < -0.4 is 5.32 Å². The summed E-state index contributed by atoms with van der Waals surface area (Å²) >= 11 is 3.04. The van der Waals surface area contributed by atoms with Gasteiger partial charge >= 0.3 is 0 Å². The smallest absolute Gasteiger partial charge is 0.167 e. The fourth-order valence-corrected chi connectivity index (χ4v) is 2.65. The molecule has 0 spiro atoms. The average molecular weight is 394 g/mol. The lowest BCUT2D eigenvalue weighted by molar-refractivity contribution is 0.178. The van der Waals surface area contributed by atoms with Crippen molar-refractivity contribution in [1.29, 1.82) is 0 Å². The van der Waals surface area contributed by atoms with E-state index in [1.165, 1.54) is 0 Å². The summed E-state index contributed by atoms with van der Waals surface area (Å²) in [5.74, 6) is -2.14. The van der Waals surface area contributed by atoms with Gasteiger partial charge in [-0.25, -0.2) is 8.78 Å². The molecule has 2 rings (SSSR count). The molecule has 1 heterocycles. The molecule has 1 aliphatic heterocycles. The zero-order valence-electron chi connectivity index (χ0n) is 10.8. The van der Waals surface area contributed by atoms with Gasteiger partial charge in [0.05, 0.1) is 10.0 Å². The Morgan fingerprint density at radius 1 is 1.30 bits per heavy atom. The van der Waals surface area contributed by atoms with Crippen molar-refractivity contribution in [3.8, 4) is 5.75 Å². The Hall–Kier alpha value is -0.140. The van der Waals surface area contributed by atoms with Crippen molar-refractivity contribution < 1.29 is 13.9 Å². The van der Waals surface area contributed by atoms with Gasteiger partial charge in [-0.15, -0.1) is 24.8 Å². The summed E-state index contributed by atoms with van der Waals surface area (Å²) in [6.07, 6.45) is 0. The minimum Gasteiger partial charge on any atom is -0.506 e. The largest absolute Gasteiger partial charge is 0.506 e. The van der Waals surface area contributed by atoms with E-state index in [2.05, 4.69) is 21.2 Å². The number of aromatic hydroxyl groups is 1. The number of hydrogen-bond donors (Lipinski definition) is 2. The molecule has 1 atom stereocenters. The molecule has 0 unspecified atom stereocenters. The molecule has 1 aliphatic rings. The van der Waals surface area contributed by atoms with Crippen molar-refractivity contribution in [2.75, 3.05) is 26.2 Å². The first-order valence-electron chi connectivity index (χ1n) is 5.83. The molecule has 1 fully saturated rings. The van der Waals surface area contributed by atoms with Crippen LogP contribution in [0.25, 0.3) is 0 Å². The molecule has 0 amide bonds. The molecule has 0 aromatic heterocycles. The Bertz CT molecular complexity index is 433. The van der Waals surface area contributed by atoms with Crippen LogP contribution in [0.2, 0.25) is 0 Å². The maximum atomic E-state index is 13.8. The Balaban J connectivity index is 0.00000180. The summed E-state index contributed by atoms with van der Waals surface area (Å²) in [5.41, 5.74) is 0.0174. The van der Waals surface area contributed by atoms with Crippen LogP contribution in [0.1, 0.15) is 18.5 Å². The summed E-state index contributed by atoms with van der Waals surface area (Å²) in [4.78, 5) is 2.01. The third kappa shape index (κ3) is 3.95. The highest BCUT2D eigenvalue weighted by atomic mass is 79.9. The van der Waals surface area contributed by atoms with Crippen LogP contribution in [0, 0.1) is 11.6 Å². The summed E-state index contributed by atoms with van der Waals surface area (Å²) in [5, 5.41) is 13.1. The van der Waals surface area contributed by atoms with Crippen LogP contribution in [0.4, 0.5) is 8.78 Å². The lowest BCUT2D eigenvalue weighted by Gasteiger charge is -2.33. The second-order valence-corrected chi connectivity index (χ2v) is 5.23. The van der Waals surface area contributed by atoms with Gasteiger partial charge in [0.1, 0.15) is 5.75 Å². The Kier molecular flexibility index (Phi) is 8.28. The molecule has 116 valence electrons. The highest BCUT2D eigenvalue weighted by Gasteiger charge is 2.26. The molecule has 0 aliphatic carbocycles. The van der Waals surface area contributed by atoms with E-state index in [0.717, 1.165) is 32.2 Å². The standard InChI is InChI=1S/C12H15BrF2N2O.2ClH/c1-7(17-4-2-16-3-5-17)10-11(15)9(14)6-8(13)12(10)18;;/h6-7,16,18H,2-5H2,1H3;2*1H/t7-;;/m1../s1. The minimum atomic E-state index is -0.971. The van der Waals surface area contributed by atoms with Crippen molar-refractivity contribution in [3.63, 3.8) is 0 Å². The maximum Gasteiger partial charge on any atom is 0.167 e. The van der Waals surface area contributed by atoms with Gasteiger partial charge in [-0.05, 0) is 28.9 Å². The third-order valence-corrected chi connectivity index (χ3v) is 3.90. The van der Waals surface area contributed by atoms with Gasteiger partial charge in [0.15, 0.2) is 11.6 Å². The fraction of sp³-hybridized carbons (Fsp3) is 0.500. The number of nitrogens with one attached hydrogen (secondary N) is 1. The fourth-order valence-electron chi connectivity index (χ4n) is 2.24.